The zero-order chi connectivity index (χ0) is 33.1. The zero-order valence-corrected chi connectivity index (χ0v) is 23.9. The number of carbonyl (C=O) groups is 1. The molecule has 2 N–H and O–H groups in total. The topological polar surface area (TPSA) is 123 Å². The summed E-state index contributed by atoms with van der Waals surface area (Å²) in [5.41, 5.74) is 3.97. The van der Waals surface area contributed by atoms with E-state index in [4.69, 9.17) is 19.6 Å². The molecule has 0 aliphatic rings. The Morgan fingerprint density at radius 1 is 1.02 bits per heavy atom. The van der Waals surface area contributed by atoms with Gasteiger partial charge in [-0.1, -0.05) is 12.1 Å². The maximum Gasteiger partial charge on any atom is 0.490 e. The first-order valence-corrected chi connectivity index (χ1v) is 13.1. The van der Waals surface area contributed by atoms with Gasteiger partial charge in [0.05, 0.1) is 24.1 Å². The molecule has 0 radical (unpaired) electrons. The summed E-state index contributed by atoms with van der Waals surface area (Å²) in [7, 11) is 0. The number of aryl methyl sites for hydroxylation is 3. The number of hydrogen-bond donors (Lipinski definition) is 2. The Morgan fingerprint density at radius 2 is 1.73 bits per heavy atom. The van der Waals surface area contributed by atoms with E-state index in [0.29, 0.717) is 22.5 Å². The molecule has 0 saturated carbocycles. The minimum atomic E-state index is -5.08. The SMILES string of the molecule is Cc1cc(-c2[nH]ncc2C)c2cccc(OCc3c(C)ccnc3Cn3cccc(C(F)(F)F)c3=O)c2n1.O=C(O)C(F)(F)F. The monoisotopic (exact) mass is 633 g/mol. The maximum absolute atomic E-state index is 13.3. The molecule has 0 unspecified atom stereocenters. The lowest BCUT2D eigenvalue weighted by Crippen LogP contribution is -2.29. The largest absolute Gasteiger partial charge is 0.490 e. The number of nitrogens with zero attached hydrogens (tertiary/aromatic N) is 4. The van der Waals surface area contributed by atoms with E-state index in [1.807, 2.05) is 45.0 Å². The average molecular weight is 634 g/mol. The number of alkyl halides is 6. The maximum atomic E-state index is 13.3. The lowest BCUT2D eigenvalue weighted by molar-refractivity contribution is -0.192. The van der Waals surface area contributed by atoms with E-state index >= 15 is 0 Å². The van der Waals surface area contributed by atoms with E-state index in [0.717, 1.165) is 44.1 Å². The van der Waals surface area contributed by atoms with Crippen molar-refractivity contribution in [2.75, 3.05) is 0 Å². The van der Waals surface area contributed by atoms with Crippen molar-refractivity contribution in [3.05, 3.63) is 105 Å². The van der Waals surface area contributed by atoms with E-state index in [1.165, 1.54) is 12.3 Å². The van der Waals surface area contributed by atoms with Crippen LogP contribution in [0.4, 0.5) is 26.3 Å². The molecular formula is C30H25F6N5O4. The van der Waals surface area contributed by atoms with Gasteiger partial charge in [0, 0.05) is 34.6 Å². The summed E-state index contributed by atoms with van der Waals surface area (Å²) in [4.78, 5) is 30.5. The molecule has 1 aromatic carbocycles. The summed E-state index contributed by atoms with van der Waals surface area (Å²) in [6, 6.07) is 11.4. The van der Waals surface area contributed by atoms with Crippen molar-refractivity contribution in [1.29, 1.82) is 0 Å². The molecule has 0 fully saturated rings. The third-order valence-electron chi connectivity index (χ3n) is 6.67. The highest BCUT2D eigenvalue weighted by molar-refractivity contribution is 5.97. The molecule has 4 aromatic heterocycles. The van der Waals surface area contributed by atoms with Gasteiger partial charge in [-0.15, -0.1) is 0 Å². The van der Waals surface area contributed by atoms with Gasteiger partial charge in [0.1, 0.15) is 23.4 Å². The van der Waals surface area contributed by atoms with Crippen LogP contribution < -0.4 is 10.3 Å². The van der Waals surface area contributed by atoms with Crippen molar-refractivity contribution >= 4 is 16.9 Å². The van der Waals surface area contributed by atoms with Crippen LogP contribution in [0.15, 0.2) is 65.8 Å². The molecular weight excluding hydrogens is 608 g/mol. The summed E-state index contributed by atoms with van der Waals surface area (Å²) in [5, 5.41) is 15.2. The zero-order valence-electron chi connectivity index (χ0n) is 23.9. The predicted molar refractivity (Wildman–Crippen MR) is 151 cm³/mol. The lowest BCUT2D eigenvalue weighted by atomic mass is 10.0. The minimum Gasteiger partial charge on any atom is -0.487 e. The quantitative estimate of drug-likeness (QED) is 0.208. The summed E-state index contributed by atoms with van der Waals surface area (Å²) >= 11 is 0. The lowest BCUT2D eigenvalue weighted by Gasteiger charge is -2.16. The van der Waals surface area contributed by atoms with Gasteiger partial charge < -0.3 is 14.4 Å². The average Bonchev–Trinajstić information content (AvgIpc) is 3.38. The number of aromatic amines is 1. The van der Waals surface area contributed by atoms with Crippen LogP contribution in [0.25, 0.3) is 22.2 Å². The van der Waals surface area contributed by atoms with Crippen LogP contribution in [0, 0.1) is 20.8 Å². The number of hydrogen-bond acceptors (Lipinski definition) is 6. The summed E-state index contributed by atoms with van der Waals surface area (Å²) in [5.74, 6) is -2.21. The van der Waals surface area contributed by atoms with Gasteiger partial charge in [0.25, 0.3) is 5.56 Å². The van der Waals surface area contributed by atoms with Crippen molar-refractivity contribution in [1.82, 2.24) is 24.7 Å². The Kier molecular flexibility index (Phi) is 9.30. The van der Waals surface area contributed by atoms with Crippen LogP contribution in [-0.2, 0) is 24.1 Å². The Balaban J connectivity index is 0.000000591. The molecule has 0 spiro atoms. The number of aliphatic carboxylic acids is 1. The van der Waals surface area contributed by atoms with Crippen LogP contribution in [0.5, 0.6) is 5.75 Å². The number of aromatic nitrogens is 5. The number of ether oxygens (including phenoxy) is 1. The second kappa shape index (κ2) is 12.8. The molecule has 4 heterocycles. The summed E-state index contributed by atoms with van der Waals surface area (Å²) in [6.45, 7) is 5.71. The minimum absolute atomic E-state index is 0.0931. The van der Waals surface area contributed by atoms with Crippen LogP contribution in [0.3, 0.4) is 0 Å². The first-order valence-electron chi connectivity index (χ1n) is 13.1. The fourth-order valence-electron chi connectivity index (χ4n) is 4.46. The Bertz CT molecular complexity index is 1910. The van der Waals surface area contributed by atoms with Crippen LogP contribution in [0.2, 0.25) is 0 Å². The standard InChI is InChI=1S/C28H24F3N5O2.C2HF3O2/c1-16-9-10-32-23(14-36-11-5-7-22(27(36)37)28(29,30)31)21(16)15-38-24-8-4-6-19-20(12-18(3)34-26(19)24)25-17(2)13-33-35-25;3-2(4,5)1(6)7/h4-13H,14-15H2,1-3H3,(H,33,35);(H,6,7). The molecule has 5 aromatic rings. The fraction of sp³-hybridized carbons (Fsp3) is 0.233. The molecule has 0 saturated heterocycles. The summed E-state index contributed by atoms with van der Waals surface area (Å²) in [6.07, 6.45) is -5.17. The van der Waals surface area contributed by atoms with Gasteiger partial charge in [-0.3, -0.25) is 14.9 Å². The number of rotatable bonds is 6. The molecule has 45 heavy (non-hydrogen) atoms. The molecule has 15 heteroatoms. The Labute approximate surface area is 251 Å². The number of carboxylic acid groups (broad SMARTS) is 1. The number of halogens is 6. The van der Waals surface area contributed by atoms with E-state index < -0.39 is 29.4 Å². The van der Waals surface area contributed by atoms with E-state index in [9.17, 15) is 31.1 Å². The molecule has 9 nitrogen and oxygen atoms in total. The third-order valence-corrected chi connectivity index (χ3v) is 6.67. The van der Waals surface area contributed by atoms with Gasteiger partial charge in [-0.25, -0.2) is 9.78 Å². The van der Waals surface area contributed by atoms with Crippen molar-refractivity contribution in [3.63, 3.8) is 0 Å². The second-order valence-electron chi connectivity index (χ2n) is 9.89. The first kappa shape index (κ1) is 32.7. The van der Waals surface area contributed by atoms with Crippen molar-refractivity contribution in [3.8, 4) is 17.0 Å². The molecule has 236 valence electrons. The third kappa shape index (κ3) is 7.48. The van der Waals surface area contributed by atoms with Gasteiger partial charge in [0.2, 0.25) is 0 Å². The highest BCUT2D eigenvalue weighted by atomic mass is 19.4. The number of para-hydroxylation sites is 1. The van der Waals surface area contributed by atoms with E-state index in [2.05, 4.69) is 15.2 Å². The number of carboxylic acids is 1. The van der Waals surface area contributed by atoms with Gasteiger partial charge in [-0.2, -0.15) is 31.4 Å². The van der Waals surface area contributed by atoms with Gasteiger partial charge in [0.15, 0.2) is 0 Å². The highest BCUT2D eigenvalue weighted by Crippen LogP contribution is 2.34. The smallest absolute Gasteiger partial charge is 0.487 e. The number of benzene rings is 1. The van der Waals surface area contributed by atoms with Gasteiger partial charge >= 0.3 is 18.3 Å². The molecule has 5 rings (SSSR count). The van der Waals surface area contributed by atoms with Crippen molar-refractivity contribution in [2.45, 2.75) is 46.3 Å². The van der Waals surface area contributed by atoms with Gasteiger partial charge in [-0.05, 0) is 62.2 Å². The van der Waals surface area contributed by atoms with Crippen LogP contribution in [0.1, 0.15) is 33.6 Å². The molecule has 0 atom stereocenters. The van der Waals surface area contributed by atoms with Crippen LogP contribution in [-0.4, -0.2) is 42.0 Å². The normalized spacial score (nSPS) is 11.7. The second-order valence-corrected chi connectivity index (χ2v) is 9.89. The van der Waals surface area contributed by atoms with Crippen LogP contribution >= 0.6 is 0 Å². The summed E-state index contributed by atoms with van der Waals surface area (Å²) < 4.78 is 78.7. The fourth-order valence-corrected chi connectivity index (χ4v) is 4.46. The number of nitrogens with one attached hydrogen (secondary N) is 1. The first-order chi connectivity index (χ1) is 21.1. The number of pyridine rings is 3. The number of fused-ring (bicyclic) bond motifs is 1. The highest BCUT2D eigenvalue weighted by Gasteiger charge is 2.38. The van der Waals surface area contributed by atoms with Crippen molar-refractivity contribution in [2.24, 2.45) is 0 Å². The number of H-pyrrole nitrogens is 1. The van der Waals surface area contributed by atoms with E-state index in [1.54, 1.807) is 18.5 Å². The Morgan fingerprint density at radius 3 is 2.36 bits per heavy atom. The molecule has 0 aliphatic heterocycles. The molecule has 0 aliphatic carbocycles. The Hall–Kier alpha value is -5.21. The van der Waals surface area contributed by atoms with Crippen molar-refractivity contribution < 1.29 is 41.0 Å². The molecule has 0 amide bonds. The van der Waals surface area contributed by atoms with E-state index in [-0.39, 0.29) is 13.2 Å². The molecule has 0 bridgehead atoms. The predicted octanol–water partition coefficient (Wildman–Crippen LogP) is 6.39.